The third-order valence-electron chi connectivity index (χ3n) is 3.66. The zero-order valence-corrected chi connectivity index (χ0v) is 11.2. The van der Waals surface area contributed by atoms with Crippen molar-refractivity contribution in [2.24, 2.45) is 0 Å². The van der Waals surface area contributed by atoms with Crippen molar-refractivity contribution in [1.82, 2.24) is 4.90 Å². The molecule has 1 aromatic rings. The second-order valence-electron chi connectivity index (χ2n) is 5.09. The van der Waals surface area contributed by atoms with E-state index in [0.29, 0.717) is 10.5 Å². The lowest BCUT2D eigenvalue weighted by atomic mass is 9.91. The number of amides is 1. The zero-order chi connectivity index (χ0) is 15.8. The number of aryl methyl sites for hydroxylation is 1. The first-order valence-corrected chi connectivity index (χ1v) is 6.39. The van der Waals surface area contributed by atoms with Crippen LogP contribution in [0.1, 0.15) is 23.5 Å². The molecule has 2 rings (SSSR count). The largest absolute Gasteiger partial charge is 0.480 e. The number of hydrogen-bond donors (Lipinski definition) is 1. The van der Waals surface area contributed by atoms with Gasteiger partial charge in [0.05, 0.1) is 0 Å². The minimum atomic E-state index is -5.06. The van der Waals surface area contributed by atoms with Gasteiger partial charge in [0, 0.05) is 12.5 Å². The number of hydrogen-bond acceptors (Lipinski definition) is 2. The molecule has 0 saturated carbocycles. The summed E-state index contributed by atoms with van der Waals surface area (Å²) in [6, 6.07) is 5.43. The van der Waals surface area contributed by atoms with Gasteiger partial charge in [-0.1, -0.05) is 29.8 Å². The lowest BCUT2D eigenvalue weighted by molar-refractivity contribution is -0.188. The smallest absolute Gasteiger partial charge is 0.471 e. The van der Waals surface area contributed by atoms with Crippen molar-refractivity contribution < 1.29 is 27.9 Å². The van der Waals surface area contributed by atoms with Crippen molar-refractivity contribution in [2.75, 3.05) is 6.54 Å². The molecule has 4 nitrogen and oxygen atoms in total. The fraction of sp³-hybridized carbons (Fsp3) is 0.429. The molecule has 1 aliphatic heterocycles. The number of nitrogens with zero attached hydrogens (tertiary/aromatic N) is 1. The van der Waals surface area contributed by atoms with Crippen LogP contribution in [0.3, 0.4) is 0 Å². The van der Waals surface area contributed by atoms with E-state index in [-0.39, 0.29) is 13.0 Å². The molecule has 0 radical (unpaired) electrons. The number of alkyl halides is 3. The Morgan fingerprint density at radius 1 is 1.24 bits per heavy atom. The van der Waals surface area contributed by atoms with Gasteiger partial charge < -0.3 is 10.0 Å². The molecule has 7 heteroatoms. The third kappa shape index (κ3) is 3.01. The molecule has 2 atom stereocenters. The molecule has 0 bridgehead atoms. The van der Waals surface area contributed by atoms with E-state index in [2.05, 4.69) is 0 Å². The zero-order valence-electron chi connectivity index (χ0n) is 11.2. The van der Waals surface area contributed by atoms with Crippen LogP contribution in [0.5, 0.6) is 0 Å². The van der Waals surface area contributed by atoms with Gasteiger partial charge in [-0.25, -0.2) is 4.79 Å². The van der Waals surface area contributed by atoms with Crippen LogP contribution in [-0.2, 0) is 9.59 Å². The van der Waals surface area contributed by atoms with Crippen LogP contribution in [0.15, 0.2) is 24.3 Å². The Morgan fingerprint density at radius 2 is 1.81 bits per heavy atom. The minimum absolute atomic E-state index is 0.196. The predicted octanol–water partition coefficient (Wildman–Crippen LogP) is 2.33. The molecule has 1 saturated heterocycles. The molecule has 2 unspecified atom stereocenters. The van der Waals surface area contributed by atoms with Crippen LogP contribution >= 0.6 is 0 Å². The highest BCUT2D eigenvalue weighted by atomic mass is 19.4. The van der Waals surface area contributed by atoms with E-state index in [1.807, 2.05) is 6.92 Å². The van der Waals surface area contributed by atoms with Crippen LogP contribution < -0.4 is 0 Å². The van der Waals surface area contributed by atoms with Gasteiger partial charge >= 0.3 is 18.1 Å². The maximum Gasteiger partial charge on any atom is 0.471 e. The summed E-state index contributed by atoms with van der Waals surface area (Å²) < 4.78 is 37.6. The first kappa shape index (κ1) is 15.3. The Morgan fingerprint density at radius 3 is 2.29 bits per heavy atom. The van der Waals surface area contributed by atoms with Crippen LogP contribution in [0.4, 0.5) is 13.2 Å². The van der Waals surface area contributed by atoms with E-state index in [1.54, 1.807) is 24.3 Å². The molecule has 1 fully saturated rings. The Kier molecular flexibility index (Phi) is 3.93. The summed E-state index contributed by atoms with van der Waals surface area (Å²) in [4.78, 5) is 23.1. The van der Waals surface area contributed by atoms with Gasteiger partial charge in [-0.2, -0.15) is 13.2 Å². The van der Waals surface area contributed by atoms with Gasteiger partial charge in [0.1, 0.15) is 6.04 Å². The molecule has 0 aromatic heterocycles. The van der Waals surface area contributed by atoms with Gasteiger partial charge in [0.2, 0.25) is 0 Å². The summed E-state index contributed by atoms with van der Waals surface area (Å²) in [5.74, 6) is -4.14. The minimum Gasteiger partial charge on any atom is -0.480 e. The van der Waals surface area contributed by atoms with E-state index in [0.717, 1.165) is 5.56 Å². The molecule has 1 amide bonds. The number of carboxylic acids is 1. The van der Waals surface area contributed by atoms with Crippen LogP contribution in [-0.4, -0.2) is 40.6 Å². The van der Waals surface area contributed by atoms with Gasteiger partial charge in [0.25, 0.3) is 0 Å². The van der Waals surface area contributed by atoms with Crippen molar-refractivity contribution in [3.05, 3.63) is 35.4 Å². The molecular formula is C14H14F3NO3. The number of carbonyl (C=O) groups excluding carboxylic acids is 1. The SMILES string of the molecule is Cc1ccc(C2CCN(C(=O)C(F)(F)F)C2C(=O)O)cc1. The Bertz CT molecular complexity index is 554. The van der Waals surface area contributed by atoms with Gasteiger partial charge in [-0.15, -0.1) is 0 Å². The summed E-state index contributed by atoms with van der Waals surface area (Å²) in [5, 5.41) is 9.22. The first-order chi connectivity index (χ1) is 9.71. The van der Waals surface area contributed by atoms with E-state index in [9.17, 15) is 27.9 Å². The highest BCUT2D eigenvalue weighted by Crippen LogP contribution is 2.36. The number of likely N-dealkylation sites (tertiary alicyclic amines) is 1. The second-order valence-corrected chi connectivity index (χ2v) is 5.09. The normalized spacial score (nSPS) is 22.4. The van der Waals surface area contributed by atoms with Gasteiger partial charge in [-0.3, -0.25) is 4.79 Å². The van der Waals surface area contributed by atoms with Gasteiger partial charge in [0.15, 0.2) is 0 Å². The molecule has 1 N–H and O–H groups in total. The molecule has 0 spiro atoms. The maximum atomic E-state index is 12.5. The lowest BCUT2D eigenvalue weighted by Gasteiger charge is -2.25. The van der Waals surface area contributed by atoms with Crippen LogP contribution in [0.25, 0.3) is 0 Å². The monoisotopic (exact) mass is 301 g/mol. The molecule has 1 aliphatic rings. The Balaban J connectivity index is 2.31. The van der Waals surface area contributed by atoms with E-state index < -0.39 is 30.0 Å². The number of benzene rings is 1. The van der Waals surface area contributed by atoms with Crippen molar-refractivity contribution in [3.8, 4) is 0 Å². The van der Waals surface area contributed by atoms with Crippen LogP contribution in [0, 0.1) is 6.92 Å². The number of halogens is 3. The maximum absolute atomic E-state index is 12.5. The van der Waals surface area contributed by atoms with Crippen LogP contribution in [0.2, 0.25) is 0 Å². The Hall–Kier alpha value is -2.05. The second kappa shape index (κ2) is 5.38. The Labute approximate surface area is 119 Å². The summed E-state index contributed by atoms with van der Waals surface area (Å²) in [7, 11) is 0. The lowest BCUT2D eigenvalue weighted by Crippen LogP contribution is -2.48. The van der Waals surface area contributed by atoms with Gasteiger partial charge in [-0.05, 0) is 18.9 Å². The van der Waals surface area contributed by atoms with E-state index in [1.165, 1.54) is 0 Å². The van der Waals surface area contributed by atoms with E-state index >= 15 is 0 Å². The quantitative estimate of drug-likeness (QED) is 0.912. The summed E-state index contributed by atoms with van der Waals surface area (Å²) in [6.45, 7) is 1.64. The molecule has 21 heavy (non-hydrogen) atoms. The average molecular weight is 301 g/mol. The van der Waals surface area contributed by atoms with Crippen molar-refractivity contribution in [2.45, 2.75) is 31.5 Å². The number of carboxylic acid groups (broad SMARTS) is 1. The highest BCUT2D eigenvalue weighted by molar-refractivity contribution is 5.88. The fourth-order valence-electron chi connectivity index (χ4n) is 2.65. The molecule has 1 heterocycles. The number of aliphatic carboxylic acids is 1. The van der Waals surface area contributed by atoms with E-state index in [4.69, 9.17) is 0 Å². The fourth-order valence-corrected chi connectivity index (χ4v) is 2.65. The van der Waals surface area contributed by atoms with Crippen molar-refractivity contribution in [3.63, 3.8) is 0 Å². The molecule has 0 aliphatic carbocycles. The first-order valence-electron chi connectivity index (χ1n) is 6.39. The number of carbonyl (C=O) groups is 2. The van der Waals surface area contributed by atoms with Crippen molar-refractivity contribution in [1.29, 1.82) is 0 Å². The molecular weight excluding hydrogens is 287 g/mol. The van der Waals surface area contributed by atoms with Crippen molar-refractivity contribution >= 4 is 11.9 Å². The third-order valence-corrected chi connectivity index (χ3v) is 3.66. The summed E-state index contributed by atoms with van der Waals surface area (Å²) in [5.41, 5.74) is 1.59. The summed E-state index contributed by atoms with van der Waals surface area (Å²) in [6.07, 6.45) is -4.86. The predicted molar refractivity (Wildman–Crippen MR) is 67.7 cm³/mol. The topological polar surface area (TPSA) is 57.6 Å². The molecule has 114 valence electrons. The molecule has 1 aromatic carbocycles. The standard InChI is InChI=1S/C14H14F3NO3/c1-8-2-4-9(5-3-8)10-6-7-18(11(10)12(19)20)13(21)14(15,16)17/h2-5,10-11H,6-7H2,1H3,(H,19,20). The average Bonchev–Trinajstić information content (AvgIpc) is 2.82. The highest BCUT2D eigenvalue weighted by Gasteiger charge is 2.51. The summed E-state index contributed by atoms with van der Waals surface area (Å²) >= 11 is 0. The number of rotatable bonds is 2.